The Labute approximate surface area is 93.2 Å². The van der Waals surface area contributed by atoms with Crippen molar-refractivity contribution in [2.75, 3.05) is 0 Å². The minimum atomic E-state index is -0.302. The predicted molar refractivity (Wildman–Crippen MR) is 61.6 cm³/mol. The molecule has 0 aliphatic heterocycles. The first-order valence-corrected chi connectivity index (χ1v) is 4.90. The Morgan fingerprint density at radius 3 is 1.94 bits per heavy atom. The molecular formula is C13H12O3. The Bertz CT molecular complexity index is 515. The van der Waals surface area contributed by atoms with Crippen molar-refractivity contribution in [3.8, 4) is 28.4 Å². The lowest BCUT2D eigenvalue weighted by atomic mass is 10.0. The van der Waals surface area contributed by atoms with Gasteiger partial charge in [0.05, 0.1) is 5.56 Å². The lowest BCUT2D eigenvalue weighted by Crippen LogP contribution is -1.82. The molecule has 2 aromatic carbocycles. The first-order valence-electron chi connectivity index (χ1n) is 4.90. The van der Waals surface area contributed by atoms with Crippen LogP contribution in [0.3, 0.4) is 0 Å². The summed E-state index contributed by atoms with van der Waals surface area (Å²) in [5.41, 5.74) is 2.00. The first-order chi connectivity index (χ1) is 7.59. The highest BCUT2D eigenvalue weighted by atomic mass is 16.3. The van der Waals surface area contributed by atoms with Crippen LogP contribution in [0.4, 0.5) is 0 Å². The zero-order valence-electron chi connectivity index (χ0n) is 8.81. The number of hydrogen-bond acceptors (Lipinski definition) is 3. The topological polar surface area (TPSA) is 60.7 Å². The Hall–Kier alpha value is -2.16. The van der Waals surface area contributed by atoms with Crippen LogP contribution in [-0.4, -0.2) is 15.3 Å². The molecule has 0 amide bonds. The largest absolute Gasteiger partial charge is 0.507 e. The average molecular weight is 216 g/mol. The molecule has 0 spiro atoms. The van der Waals surface area contributed by atoms with Crippen molar-refractivity contribution in [3.05, 3.63) is 42.0 Å². The minimum absolute atomic E-state index is 0.0563. The van der Waals surface area contributed by atoms with Gasteiger partial charge in [0, 0.05) is 0 Å². The molecule has 0 radical (unpaired) electrons. The molecule has 0 heterocycles. The second-order valence-electron chi connectivity index (χ2n) is 3.69. The monoisotopic (exact) mass is 216 g/mol. The first kappa shape index (κ1) is 10.4. The van der Waals surface area contributed by atoms with Crippen LogP contribution in [-0.2, 0) is 0 Å². The van der Waals surface area contributed by atoms with Crippen LogP contribution in [0.25, 0.3) is 11.1 Å². The van der Waals surface area contributed by atoms with Crippen LogP contribution in [0.2, 0.25) is 0 Å². The Morgan fingerprint density at radius 2 is 1.31 bits per heavy atom. The summed E-state index contributed by atoms with van der Waals surface area (Å²) in [7, 11) is 0. The summed E-state index contributed by atoms with van der Waals surface area (Å²) in [6.07, 6.45) is 0. The molecule has 3 N–H and O–H groups in total. The maximum Gasteiger partial charge on any atom is 0.169 e. The van der Waals surface area contributed by atoms with Crippen LogP contribution in [0.5, 0.6) is 17.2 Å². The van der Waals surface area contributed by atoms with E-state index >= 15 is 0 Å². The SMILES string of the molecule is Cc1ccc(-c2c(O)ccc(O)c2O)cc1. The number of rotatable bonds is 1. The van der Waals surface area contributed by atoms with E-state index < -0.39 is 0 Å². The molecule has 82 valence electrons. The van der Waals surface area contributed by atoms with E-state index in [1.807, 2.05) is 19.1 Å². The number of aryl methyl sites for hydroxylation is 1. The highest BCUT2D eigenvalue weighted by molar-refractivity contribution is 5.78. The van der Waals surface area contributed by atoms with E-state index in [1.165, 1.54) is 12.1 Å². The fourth-order valence-electron chi connectivity index (χ4n) is 1.57. The maximum atomic E-state index is 9.69. The van der Waals surface area contributed by atoms with Gasteiger partial charge < -0.3 is 15.3 Å². The summed E-state index contributed by atoms with van der Waals surface area (Å²) < 4.78 is 0. The lowest BCUT2D eigenvalue weighted by Gasteiger charge is -2.08. The van der Waals surface area contributed by atoms with Crippen molar-refractivity contribution in [1.82, 2.24) is 0 Å². The number of aromatic hydroxyl groups is 3. The molecule has 0 fully saturated rings. The number of benzene rings is 2. The van der Waals surface area contributed by atoms with Crippen LogP contribution < -0.4 is 0 Å². The third-order valence-electron chi connectivity index (χ3n) is 2.47. The molecule has 0 saturated carbocycles. The summed E-state index contributed by atoms with van der Waals surface area (Å²) >= 11 is 0. The van der Waals surface area contributed by atoms with Crippen LogP contribution in [0, 0.1) is 6.92 Å². The summed E-state index contributed by atoms with van der Waals surface area (Å²) in [6.45, 7) is 1.95. The second kappa shape index (κ2) is 3.77. The fourth-order valence-corrected chi connectivity index (χ4v) is 1.57. The van der Waals surface area contributed by atoms with E-state index in [2.05, 4.69) is 0 Å². The van der Waals surface area contributed by atoms with Gasteiger partial charge in [-0.05, 0) is 24.6 Å². The predicted octanol–water partition coefficient (Wildman–Crippen LogP) is 2.78. The van der Waals surface area contributed by atoms with Crippen molar-refractivity contribution in [1.29, 1.82) is 0 Å². The van der Waals surface area contributed by atoms with Crippen molar-refractivity contribution in [2.24, 2.45) is 0 Å². The molecule has 0 atom stereocenters. The highest BCUT2D eigenvalue weighted by Crippen LogP contribution is 2.42. The fraction of sp³-hybridized carbons (Fsp3) is 0.0769. The molecule has 3 nitrogen and oxygen atoms in total. The molecule has 0 aliphatic carbocycles. The van der Waals surface area contributed by atoms with E-state index in [0.717, 1.165) is 5.56 Å². The lowest BCUT2D eigenvalue weighted by molar-refractivity contribution is 0.399. The normalized spacial score (nSPS) is 10.3. The molecule has 0 bridgehead atoms. The van der Waals surface area contributed by atoms with Crippen molar-refractivity contribution >= 4 is 0 Å². The van der Waals surface area contributed by atoms with Gasteiger partial charge >= 0.3 is 0 Å². The van der Waals surface area contributed by atoms with E-state index in [9.17, 15) is 15.3 Å². The smallest absolute Gasteiger partial charge is 0.169 e. The van der Waals surface area contributed by atoms with Gasteiger partial charge in [0.25, 0.3) is 0 Å². The van der Waals surface area contributed by atoms with Crippen LogP contribution in [0.15, 0.2) is 36.4 Å². The van der Waals surface area contributed by atoms with Gasteiger partial charge in [0.2, 0.25) is 0 Å². The third-order valence-corrected chi connectivity index (χ3v) is 2.47. The van der Waals surface area contributed by atoms with Crippen molar-refractivity contribution in [3.63, 3.8) is 0 Å². The summed E-state index contributed by atoms with van der Waals surface area (Å²) in [5, 5.41) is 28.7. The summed E-state index contributed by atoms with van der Waals surface area (Å²) in [6, 6.07) is 9.91. The molecule has 2 aromatic rings. The van der Waals surface area contributed by atoms with E-state index in [1.54, 1.807) is 12.1 Å². The van der Waals surface area contributed by atoms with Crippen LogP contribution >= 0.6 is 0 Å². The molecule has 0 aromatic heterocycles. The maximum absolute atomic E-state index is 9.69. The van der Waals surface area contributed by atoms with Gasteiger partial charge in [-0.2, -0.15) is 0 Å². The molecule has 2 rings (SSSR count). The minimum Gasteiger partial charge on any atom is -0.507 e. The van der Waals surface area contributed by atoms with Crippen LogP contribution in [0.1, 0.15) is 5.56 Å². The standard InChI is InChI=1S/C13H12O3/c1-8-2-4-9(5-3-8)12-10(14)6-7-11(15)13(12)16/h2-7,14-16H,1H3. The van der Waals surface area contributed by atoms with Gasteiger partial charge in [-0.15, -0.1) is 0 Å². The number of hydrogen-bond donors (Lipinski definition) is 3. The van der Waals surface area contributed by atoms with Gasteiger partial charge in [-0.1, -0.05) is 29.8 Å². The third kappa shape index (κ3) is 1.67. The van der Waals surface area contributed by atoms with E-state index in [4.69, 9.17) is 0 Å². The Balaban J connectivity index is 2.63. The van der Waals surface area contributed by atoms with Crippen molar-refractivity contribution in [2.45, 2.75) is 6.92 Å². The quantitative estimate of drug-likeness (QED) is 0.507. The second-order valence-corrected chi connectivity index (χ2v) is 3.69. The van der Waals surface area contributed by atoms with E-state index in [-0.39, 0.29) is 22.8 Å². The molecule has 16 heavy (non-hydrogen) atoms. The average Bonchev–Trinajstić information content (AvgIpc) is 2.27. The van der Waals surface area contributed by atoms with Crippen molar-refractivity contribution < 1.29 is 15.3 Å². The van der Waals surface area contributed by atoms with Gasteiger partial charge in [-0.3, -0.25) is 0 Å². The molecule has 3 heteroatoms. The van der Waals surface area contributed by atoms with Gasteiger partial charge in [-0.25, -0.2) is 0 Å². The Kier molecular flexibility index (Phi) is 2.44. The summed E-state index contributed by atoms with van der Waals surface area (Å²) in [4.78, 5) is 0. The zero-order valence-corrected chi connectivity index (χ0v) is 8.81. The highest BCUT2D eigenvalue weighted by Gasteiger charge is 2.13. The molecular weight excluding hydrogens is 204 g/mol. The molecule has 0 unspecified atom stereocenters. The molecule has 0 aliphatic rings. The number of phenolic OH excluding ortho intramolecular Hbond substituents is 3. The van der Waals surface area contributed by atoms with Gasteiger partial charge in [0.1, 0.15) is 5.75 Å². The molecule has 0 saturated heterocycles. The number of phenols is 3. The summed E-state index contributed by atoms with van der Waals surface area (Å²) in [5.74, 6) is -0.601. The van der Waals surface area contributed by atoms with E-state index in [0.29, 0.717) is 5.56 Å². The van der Waals surface area contributed by atoms with Gasteiger partial charge in [0.15, 0.2) is 11.5 Å². The Morgan fingerprint density at radius 1 is 0.750 bits per heavy atom. The zero-order chi connectivity index (χ0) is 11.7.